The van der Waals surface area contributed by atoms with Gasteiger partial charge >= 0.3 is 5.97 Å². The van der Waals surface area contributed by atoms with Crippen LogP contribution >= 0.6 is 0 Å². The second kappa shape index (κ2) is 3.76. The molecule has 0 aromatic carbocycles. The van der Waals surface area contributed by atoms with Crippen molar-refractivity contribution in [2.24, 2.45) is 0 Å². The summed E-state index contributed by atoms with van der Waals surface area (Å²) in [5.74, 6) is 0.190. The quantitative estimate of drug-likeness (QED) is 0.660. The van der Waals surface area contributed by atoms with Crippen LogP contribution in [0, 0.1) is 0 Å². The van der Waals surface area contributed by atoms with Crippen LogP contribution < -0.4 is 10.9 Å². The van der Waals surface area contributed by atoms with Gasteiger partial charge in [0.15, 0.2) is 0 Å². The number of ether oxygens (including phenoxy) is 1. The Hall–Kier alpha value is -1.78. The van der Waals surface area contributed by atoms with Gasteiger partial charge in [-0.2, -0.15) is 0 Å². The second-order valence-electron chi connectivity index (χ2n) is 3.42. The first-order chi connectivity index (χ1) is 7.22. The minimum atomic E-state index is -0.457. The van der Waals surface area contributed by atoms with Gasteiger partial charge in [0.2, 0.25) is 5.56 Å². The van der Waals surface area contributed by atoms with Crippen LogP contribution in [0.3, 0.4) is 0 Å². The molecular weight excluding hydrogens is 196 g/mol. The van der Waals surface area contributed by atoms with Gasteiger partial charge in [0.1, 0.15) is 5.82 Å². The van der Waals surface area contributed by atoms with Crippen molar-refractivity contribution in [3.8, 4) is 0 Å². The van der Waals surface area contributed by atoms with Crippen molar-refractivity contribution in [2.45, 2.75) is 12.8 Å². The summed E-state index contributed by atoms with van der Waals surface area (Å²) in [6.45, 7) is 0.813. The lowest BCUT2D eigenvalue weighted by Crippen LogP contribution is -2.22. The number of pyridine rings is 1. The number of hydrogen-bond acceptors (Lipinski definition) is 4. The monoisotopic (exact) mass is 208 g/mol. The van der Waals surface area contributed by atoms with E-state index in [1.807, 2.05) is 0 Å². The van der Waals surface area contributed by atoms with Crippen molar-refractivity contribution in [2.75, 3.05) is 19.0 Å². The summed E-state index contributed by atoms with van der Waals surface area (Å²) in [5, 5.41) is 3.06. The van der Waals surface area contributed by atoms with E-state index in [0.29, 0.717) is 11.4 Å². The maximum atomic E-state index is 11.4. The van der Waals surface area contributed by atoms with Crippen molar-refractivity contribution in [3.63, 3.8) is 0 Å². The van der Waals surface area contributed by atoms with Gasteiger partial charge in [0.25, 0.3) is 0 Å². The van der Waals surface area contributed by atoms with Crippen LogP contribution in [0.2, 0.25) is 0 Å². The molecule has 0 bridgehead atoms. The molecule has 0 aliphatic carbocycles. The van der Waals surface area contributed by atoms with E-state index in [-0.39, 0.29) is 5.56 Å². The zero-order valence-corrected chi connectivity index (χ0v) is 8.42. The summed E-state index contributed by atoms with van der Waals surface area (Å²) >= 11 is 0. The number of fused-ring (bicyclic) bond motifs is 1. The summed E-state index contributed by atoms with van der Waals surface area (Å²) in [6, 6.07) is 1.29. The molecule has 2 N–H and O–H groups in total. The predicted molar refractivity (Wildman–Crippen MR) is 55.2 cm³/mol. The standard InChI is InChI=1S/C10H12N2O3/c1-15-10(14)7-5-8(13)12-9-6(7)3-2-4-11-9/h5H,2-4H2,1H3,(H2,11,12,13). The zero-order valence-electron chi connectivity index (χ0n) is 8.42. The Bertz CT molecular complexity index is 450. The minimum Gasteiger partial charge on any atom is -0.465 e. The SMILES string of the molecule is COC(=O)c1cc(=O)[nH]c2c1CCCN2. The molecule has 5 nitrogen and oxygen atoms in total. The summed E-state index contributed by atoms with van der Waals surface area (Å²) in [6.07, 6.45) is 1.73. The maximum Gasteiger partial charge on any atom is 0.338 e. The maximum absolute atomic E-state index is 11.4. The van der Waals surface area contributed by atoms with Crippen LogP contribution in [0.1, 0.15) is 22.3 Å². The van der Waals surface area contributed by atoms with Crippen LogP contribution in [0.4, 0.5) is 5.82 Å². The lowest BCUT2D eigenvalue weighted by atomic mass is 10.0. The third-order valence-electron chi connectivity index (χ3n) is 2.46. The molecule has 1 aliphatic rings. The second-order valence-corrected chi connectivity index (χ2v) is 3.42. The van der Waals surface area contributed by atoms with Gasteiger partial charge in [-0.25, -0.2) is 4.79 Å². The zero-order chi connectivity index (χ0) is 10.8. The fourth-order valence-electron chi connectivity index (χ4n) is 1.77. The molecule has 80 valence electrons. The Morgan fingerprint density at radius 3 is 3.07 bits per heavy atom. The van der Waals surface area contributed by atoms with Gasteiger partial charge in [-0.1, -0.05) is 0 Å². The fourth-order valence-corrected chi connectivity index (χ4v) is 1.77. The van der Waals surface area contributed by atoms with Crippen LogP contribution in [0.15, 0.2) is 10.9 Å². The van der Waals surface area contributed by atoms with E-state index in [4.69, 9.17) is 0 Å². The molecule has 0 radical (unpaired) electrons. The number of nitrogens with one attached hydrogen (secondary N) is 2. The molecular formula is C10H12N2O3. The number of anilines is 1. The van der Waals surface area contributed by atoms with Crippen LogP contribution in [0.5, 0.6) is 0 Å². The van der Waals surface area contributed by atoms with Gasteiger partial charge in [0, 0.05) is 18.2 Å². The highest BCUT2D eigenvalue weighted by Crippen LogP contribution is 2.21. The predicted octanol–water partition coefficient (Wildman–Crippen LogP) is 0.520. The largest absolute Gasteiger partial charge is 0.465 e. The van der Waals surface area contributed by atoms with Gasteiger partial charge < -0.3 is 15.0 Å². The molecule has 0 unspecified atom stereocenters. The number of carbonyl (C=O) groups is 1. The number of rotatable bonds is 1. The molecule has 1 aromatic heterocycles. The molecule has 0 amide bonds. The van der Waals surface area contributed by atoms with Gasteiger partial charge in [-0.05, 0) is 12.8 Å². The van der Waals surface area contributed by atoms with Crippen molar-refractivity contribution < 1.29 is 9.53 Å². The number of methoxy groups -OCH3 is 1. The molecule has 15 heavy (non-hydrogen) atoms. The van der Waals surface area contributed by atoms with Crippen LogP contribution in [-0.4, -0.2) is 24.6 Å². The van der Waals surface area contributed by atoms with Crippen LogP contribution in [0.25, 0.3) is 0 Å². The molecule has 1 aromatic rings. The summed E-state index contributed by atoms with van der Waals surface area (Å²) in [7, 11) is 1.31. The van der Waals surface area contributed by atoms with Crippen LogP contribution in [-0.2, 0) is 11.2 Å². The molecule has 0 saturated heterocycles. The summed E-state index contributed by atoms with van der Waals surface area (Å²) < 4.78 is 4.64. The number of carbonyl (C=O) groups excluding carboxylic acids is 1. The Balaban J connectivity index is 2.57. The van der Waals surface area contributed by atoms with E-state index in [9.17, 15) is 9.59 Å². The molecule has 5 heteroatoms. The highest BCUT2D eigenvalue weighted by molar-refractivity contribution is 5.92. The van der Waals surface area contributed by atoms with E-state index >= 15 is 0 Å². The van der Waals surface area contributed by atoms with E-state index in [1.165, 1.54) is 13.2 Å². The third kappa shape index (κ3) is 1.72. The topological polar surface area (TPSA) is 71.2 Å². The van der Waals surface area contributed by atoms with Gasteiger partial charge in [-0.3, -0.25) is 4.79 Å². The molecule has 0 spiro atoms. The van der Waals surface area contributed by atoms with Crippen molar-refractivity contribution in [1.82, 2.24) is 4.98 Å². The van der Waals surface area contributed by atoms with Crippen molar-refractivity contribution >= 4 is 11.8 Å². The van der Waals surface area contributed by atoms with E-state index in [2.05, 4.69) is 15.0 Å². The van der Waals surface area contributed by atoms with Crippen molar-refractivity contribution in [1.29, 1.82) is 0 Å². The van der Waals surface area contributed by atoms with Gasteiger partial charge in [0.05, 0.1) is 12.7 Å². The number of aromatic nitrogens is 1. The Kier molecular flexibility index (Phi) is 2.45. The Morgan fingerprint density at radius 2 is 2.33 bits per heavy atom. The first-order valence-electron chi connectivity index (χ1n) is 4.81. The molecule has 2 heterocycles. The van der Waals surface area contributed by atoms with E-state index in [1.54, 1.807) is 0 Å². The molecule has 1 aliphatic heterocycles. The first kappa shape index (κ1) is 9.76. The highest BCUT2D eigenvalue weighted by atomic mass is 16.5. The normalized spacial score (nSPS) is 13.9. The Morgan fingerprint density at radius 1 is 1.53 bits per heavy atom. The number of aromatic amines is 1. The van der Waals surface area contributed by atoms with E-state index in [0.717, 1.165) is 24.9 Å². The minimum absolute atomic E-state index is 0.288. The average molecular weight is 208 g/mol. The third-order valence-corrected chi connectivity index (χ3v) is 2.46. The smallest absolute Gasteiger partial charge is 0.338 e. The summed E-state index contributed by atoms with van der Waals surface area (Å²) in [5.41, 5.74) is 0.916. The number of hydrogen-bond donors (Lipinski definition) is 2. The lowest BCUT2D eigenvalue weighted by molar-refractivity contribution is 0.0599. The number of esters is 1. The summed E-state index contributed by atoms with van der Waals surface area (Å²) in [4.78, 5) is 25.4. The first-order valence-corrected chi connectivity index (χ1v) is 4.81. The lowest BCUT2D eigenvalue weighted by Gasteiger charge is -2.19. The highest BCUT2D eigenvalue weighted by Gasteiger charge is 2.19. The van der Waals surface area contributed by atoms with E-state index < -0.39 is 5.97 Å². The number of H-pyrrole nitrogens is 1. The molecule has 0 saturated carbocycles. The molecule has 0 atom stereocenters. The van der Waals surface area contributed by atoms with Crippen molar-refractivity contribution in [3.05, 3.63) is 27.5 Å². The molecule has 2 rings (SSSR count). The average Bonchev–Trinajstić information content (AvgIpc) is 2.26. The molecule has 0 fully saturated rings. The fraction of sp³-hybridized carbons (Fsp3) is 0.400. The van der Waals surface area contributed by atoms with Gasteiger partial charge in [-0.15, -0.1) is 0 Å². The Labute approximate surface area is 86.5 Å².